The second-order valence-corrected chi connectivity index (χ2v) is 6.22. The molecule has 0 saturated heterocycles. The molecule has 0 aromatic heterocycles. The molecular formula is C13H16BrNO2. The van der Waals surface area contributed by atoms with Crippen LogP contribution in [0.3, 0.4) is 0 Å². The summed E-state index contributed by atoms with van der Waals surface area (Å²) in [6.07, 6.45) is 0.945. The fraction of sp³-hybridized carbons (Fsp3) is 0.538. The number of rotatable bonds is 0. The van der Waals surface area contributed by atoms with E-state index in [9.17, 15) is 0 Å². The van der Waals surface area contributed by atoms with Gasteiger partial charge in [0.05, 0.1) is 0 Å². The Labute approximate surface area is 109 Å². The van der Waals surface area contributed by atoms with E-state index in [0.29, 0.717) is 13.2 Å². The van der Waals surface area contributed by atoms with E-state index in [4.69, 9.17) is 15.2 Å². The Morgan fingerprint density at radius 2 is 2.06 bits per heavy atom. The topological polar surface area (TPSA) is 44.5 Å². The average molecular weight is 298 g/mol. The summed E-state index contributed by atoms with van der Waals surface area (Å²) in [4.78, 5) is 0. The average Bonchev–Trinajstić information content (AvgIpc) is 2.50. The van der Waals surface area contributed by atoms with Gasteiger partial charge in [-0.2, -0.15) is 0 Å². The molecule has 2 N–H and O–H groups in total. The highest BCUT2D eigenvalue weighted by atomic mass is 79.9. The Morgan fingerprint density at radius 3 is 2.82 bits per heavy atom. The molecule has 1 aromatic carbocycles. The van der Waals surface area contributed by atoms with Crippen molar-refractivity contribution in [1.82, 2.24) is 0 Å². The molecule has 1 aliphatic carbocycles. The molecule has 0 amide bonds. The molecule has 2 aliphatic rings. The van der Waals surface area contributed by atoms with Crippen molar-refractivity contribution in [1.29, 1.82) is 0 Å². The normalized spacial score (nSPS) is 24.6. The van der Waals surface area contributed by atoms with Gasteiger partial charge in [0, 0.05) is 16.1 Å². The minimum Gasteiger partial charge on any atom is -0.486 e. The van der Waals surface area contributed by atoms with E-state index in [0.717, 1.165) is 28.0 Å². The molecule has 92 valence electrons. The Hall–Kier alpha value is -0.740. The zero-order valence-corrected chi connectivity index (χ0v) is 11.6. The summed E-state index contributed by atoms with van der Waals surface area (Å²) in [6.45, 7) is 5.66. The molecule has 0 unspecified atom stereocenters. The Kier molecular flexibility index (Phi) is 2.42. The molecule has 0 saturated carbocycles. The first-order chi connectivity index (χ1) is 8.00. The van der Waals surface area contributed by atoms with E-state index in [2.05, 4.69) is 29.8 Å². The van der Waals surface area contributed by atoms with Crippen LogP contribution in [-0.4, -0.2) is 13.2 Å². The van der Waals surface area contributed by atoms with Gasteiger partial charge in [-0.3, -0.25) is 0 Å². The number of benzene rings is 1. The summed E-state index contributed by atoms with van der Waals surface area (Å²) >= 11 is 3.64. The van der Waals surface area contributed by atoms with Crippen LogP contribution >= 0.6 is 15.9 Å². The predicted octanol–water partition coefficient (Wildman–Crippen LogP) is 2.90. The largest absolute Gasteiger partial charge is 0.486 e. The molecule has 0 bridgehead atoms. The van der Waals surface area contributed by atoms with Gasteiger partial charge in [-0.15, -0.1) is 0 Å². The molecule has 0 spiro atoms. The lowest BCUT2D eigenvalue weighted by Crippen LogP contribution is -2.19. The lowest BCUT2D eigenvalue weighted by atomic mass is 9.86. The maximum absolute atomic E-state index is 6.26. The third-order valence-corrected chi connectivity index (χ3v) is 4.22. The van der Waals surface area contributed by atoms with Gasteiger partial charge in [0.2, 0.25) is 0 Å². The van der Waals surface area contributed by atoms with E-state index in [1.165, 1.54) is 5.56 Å². The Balaban J connectivity index is 2.28. The van der Waals surface area contributed by atoms with Gasteiger partial charge in [0.1, 0.15) is 13.2 Å². The van der Waals surface area contributed by atoms with E-state index >= 15 is 0 Å². The molecule has 1 aromatic rings. The highest BCUT2D eigenvalue weighted by Gasteiger charge is 2.40. The van der Waals surface area contributed by atoms with Crippen molar-refractivity contribution in [3.05, 3.63) is 21.7 Å². The van der Waals surface area contributed by atoms with Gasteiger partial charge < -0.3 is 15.2 Å². The lowest BCUT2D eigenvalue weighted by molar-refractivity contribution is 0.169. The fourth-order valence-corrected chi connectivity index (χ4v) is 3.93. The van der Waals surface area contributed by atoms with Crippen molar-refractivity contribution >= 4 is 15.9 Å². The number of fused-ring (bicyclic) bond motifs is 3. The van der Waals surface area contributed by atoms with Crippen LogP contribution in [-0.2, 0) is 5.41 Å². The lowest BCUT2D eigenvalue weighted by Gasteiger charge is -2.25. The summed E-state index contributed by atoms with van der Waals surface area (Å²) in [7, 11) is 0. The Morgan fingerprint density at radius 1 is 1.35 bits per heavy atom. The highest BCUT2D eigenvalue weighted by molar-refractivity contribution is 9.10. The van der Waals surface area contributed by atoms with Crippen LogP contribution in [0.5, 0.6) is 11.5 Å². The molecule has 3 nitrogen and oxygen atoms in total. The molecule has 3 rings (SSSR count). The maximum atomic E-state index is 6.26. The molecule has 0 radical (unpaired) electrons. The van der Waals surface area contributed by atoms with Crippen LogP contribution in [0.2, 0.25) is 0 Å². The first-order valence-electron chi connectivity index (χ1n) is 5.89. The van der Waals surface area contributed by atoms with Gasteiger partial charge >= 0.3 is 0 Å². The van der Waals surface area contributed by atoms with Crippen molar-refractivity contribution in [3.63, 3.8) is 0 Å². The van der Waals surface area contributed by atoms with Crippen LogP contribution in [0.15, 0.2) is 10.5 Å². The van der Waals surface area contributed by atoms with E-state index < -0.39 is 0 Å². The van der Waals surface area contributed by atoms with Gasteiger partial charge in [0.15, 0.2) is 11.5 Å². The Bertz CT molecular complexity index is 485. The second kappa shape index (κ2) is 3.62. The number of ether oxygens (including phenoxy) is 2. The smallest absolute Gasteiger partial charge is 0.166 e. The minimum absolute atomic E-state index is 0.0351. The molecule has 1 heterocycles. The zero-order valence-electron chi connectivity index (χ0n) is 10.0. The van der Waals surface area contributed by atoms with Crippen LogP contribution in [0.1, 0.15) is 37.4 Å². The second-order valence-electron chi connectivity index (χ2n) is 5.37. The first kappa shape index (κ1) is 11.4. The van der Waals surface area contributed by atoms with Crippen molar-refractivity contribution in [2.24, 2.45) is 5.73 Å². The zero-order chi connectivity index (χ0) is 12.2. The van der Waals surface area contributed by atoms with Crippen molar-refractivity contribution in [2.45, 2.75) is 31.7 Å². The number of halogens is 1. The maximum Gasteiger partial charge on any atom is 0.166 e. The van der Waals surface area contributed by atoms with Crippen LogP contribution < -0.4 is 15.2 Å². The van der Waals surface area contributed by atoms with Crippen molar-refractivity contribution in [2.75, 3.05) is 13.2 Å². The van der Waals surface area contributed by atoms with Crippen LogP contribution in [0, 0.1) is 0 Å². The number of hydrogen-bond donors (Lipinski definition) is 1. The monoisotopic (exact) mass is 297 g/mol. The fourth-order valence-electron chi connectivity index (χ4n) is 2.97. The third-order valence-electron chi connectivity index (χ3n) is 3.60. The van der Waals surface area contributed by atoms with E-state index in [1.54, 1.807) is 0 Å². The van der Waals surface area contributed by atoms with E-state index in [1.807, 2.05) is 6.07 Å². The van der Waals surface area contributed by atoms with Crippen molar-refractivity contribution in [3.8, 4) is 11.5 Å². The molecule has 1 aliphatic heterocycles. The number of nitrogens with two attached hydrogens (primary N) is 1. The first-order valence-corrected chi connectivity index (χ1v) is 6.68. The standard InChI is InChI=1S/C13H16BrNO2/c1-13(2)6-8(15)10-11(13)7(14)5-9-12(10)17-4-3-16-9/h5,8H,3-4,6,15H2,1-2H3/t8-/m1/s1. The third kappa shape index (κ3) is 1.58. The van der Waals surface area contributed by atoms with Crippen LogP contribution in [0.4, 0.5) is 0 Å². The summed E-state index contributed by atoms with van der Waals surface area (Å²) in [6, 6.07) is 2.04. The summed E-state index contributed by atoms with van der Waals surface area (Å²) in [5, 5.41) is 0. The summed E-state index contributed by atoms with van der Waals surface area (Å²) in [5.74, 6) is 1.67. The van der Waals surface area contributed by atoms with E-state index in [-0.39, 0.29) is 11.5 Å². The number of hydrogen-bond acceptors (Lipinski definition) is 3. The van der Waals surface area contributed by atoms with Gasteiger partial charge in [0.25, 0.3) is 0 Å². The quantitative estimate of drug-likeness (QED) is 0.801. The van der Waals surface area contributed by atoms with Gasteiger partial charge in [-0.1, -0.05) is 29.8 Å². The van der Waals surface area contributed by atoms with Crippen LogP contribution in [0.25, 0.3) is 0 Å². The molecule has 17 heavy (non-hydrogen) atoms. The molecule has 4 heteroatoms. The highest BCUT2D eigenvalue weighted by Crippen LogP contribution is 2.53. The summed E-state index contributed by atoms with van der Waals surface area (Å²) < 4.78 is 12.5. The summed E-state index contributed by atoms with van der Waals surface area (Å²) in [5.41, 5.74) is 8.74. The predicted molar refractivity (Wildman–Crippen MR) is 69.7 cm³/mol. The molecular weight excluding hydrogens is 282 g/mol. The van der Waals surface area contributed by atoms with Gasteiger partial charge in [-0.25, -0.2) is 0 Å². The molecule has 0 fully saturated rings. The molecule has 1 atom stereocenters. The minimum atomic E-state index is 0.0351. The van der Waals surface area contributed by atoms with Crippen molar-refractivity contribution < 1.29 is 9.47 Å². The SMILES string of the molecule is CC1(C)C[C@@H](N)c2c3c(cc(Br)c21)OCCO3. The van der Waals surface area contributed by atoms with Gasteiger partial charge in [-0.05, 0) is 23.5 Å².